The largest absolute Gasteiger partial charge is 0.348 e. The van der Waals surface area contributed by atoms with Gasteiger partial charge in [-0.15, -0.1) is 0 Å². The molecule has 2 amide bonds. The highest BCUT2D eigenvalue weighted by molar-refractivity contribution is 7.89. The van der Waals surface area contributed by atoms with Crippen LogP contribution in [-0.2, 0) is 16.6 Å². The van der Waals surface area contributed by atoms with Gasteiger partial charge in [-0.05, 0) is 48.0 Å². The van der Waals surface area contributed by atoms with Gasteiger partial charge in [0.05, 0.1) is 5.02 Å². The number of nitrogens with one attached hydrogen (secondary N) is 2. The van der Waals surface area contributed by atoms with E-state index >= 15 is 0 Å². The Bertz CT molecular complexity index is 1250. The van der Waals surface area contributed by atoms with Crippen molar-refractivity contribution in [3.8, 4) is 0 Å². The summed E-state index contributed by atoms with van der Waals surface area (Å²) in [6.07, 6.45) is 3.07. The van der Waals surface area contributed by atoms with E-state index in [2.05, 4.69) is 15.6 Å². The molecule has 0 unspecified atom stereocenters. The first-order valence-electron chi connectivity index (χ1n) is 9.49. The first-order chi connectivity index (χ1) is 15.2. The number of pyridine rings is 1. The van der Waals surface area contributed by atoms with Crippen molar-refractivity contribution in [2.75, 3.05) is 19.4 Å². The number of benzene rings is 2. The van der Waals surface area contributed by atoms with E-state index in [4.69, 9.17) is 11.6 Å². The monoisotopic (exact) mass is 472 g/mol. The predicted molar refractivity (Wildman–Crippen MR) is 122 cm³/mol. The van der Waals surface area contributed by atoms with E-state index < -0.39 is 15.9 Å². The average Bonchev–Trinajstić information content (AvgIpc) is 2.78. The molecular formula is C22H21ClN4O4S. The molecule has 0 saturated carbocycles. The Morgan fingerprint density at radius 2 is 1.69 bits per heavy atom. The number of rotatable bonds is 7. The Kier molecular flexibility index (Phi) is 7.24. The van der Waals surface area contributed by atoms with Crippen LogP contribution in [0.5, 0.6) is 0 Å². The van der Waals surface area contributed by atoms with Crippen molar-refractivity contribution in [1.82, 2.24) is 14.6 Å². The molecule has 32 heavy (non-hydrogen) atoms. The third-order valence-electron chi connectivity index (χ3n) is 4.53. The number of anilines is 1. The van der Waals surface area contributed by atoms with Gasteiger partial charge in [0.25, 0.3) is 11.8 Å². The maximum absolute atomic E-state index is 12.6. The van der Waals surface area contributed by atoms with Gasteiger partial charge in [0, 0.05) is 49.8 Å². The van der Waals surface area contributed by atoms with Gasteiger partial charge in [-0.3, -0.25) is 14.6 Å². The quantitative estimate of drug-likeness (QED) is 0.549. The van der Waals surface area contributed by atoms with Gasteiger partial charge in [-0.25, -0.2) is 12.7 Å². The maximum atomic E-state index is 12.6. The Morgan fingerprint density at radius 1 is 0.969 bits per heavy atom. The lowest BCUT2D eigenvalue weighted by Gasteiger charge is -2.14. The summed E-state index contributed by atoms with van der Waals surface area (Å²) in [5, 5.41) is 5.57. The molecule has 3 aromatic rings. The van der Waals surface area contributed by atoms with Gasteiger partial charge in [0.15, 0.2) is 0 Å². The lowest BCUT2D eigenvalue weighted by molar-refractivity contribution is 0.0949. The fourth-order valence-corrected chi connectivity index (χ4v) is 4.18. The van der Waals surface area contributed by atoms with Gasteiger partial charge in [-0.2, -0.15) is 0 Å². The molecule has 3 rings (SSSR count). The lowest BCUT2D eigenvalue weighted by Crippen LogP contribution is -2.25. The van der Waals surface area contributed by atoms with Crippen LogP contribution >= 0.6 is 11.6 Å². The third kappa shape index (κ3) is 5.50. The molecule has 2 N–H and O–H groups in total. The van der Waals surface area contributed by atoms with E-state index in [1.807, 2.05) is 0 Å². The molecule has 0 aliphatic carbocycles. The van der Waals surface area contributed by atoms with Crippen molar-refractivity contribution >= 4 is 39.1 Å². The number of amides is 2. The number of hydrogen-bond donors (Lipinski definition) is 2. The SMILES string of the molecule is CN(C)S(=O)(=O)c1cc(C(=O)NCc2cccc(NC(=O)c3ccncc3)c2)ccc1Cl. The Morgan fingerprint density at radius 3 is 2.38 bits per heavy atom. The van der Waals surface area contributed by atoms with Gasteiger partial charge in [0.2, 0.25) is 10.0 Å². The highest BCUT2D eigenvalue weighted by Crippen LogP contribution is 2.25. The normalized spacial score (nSPS) is 11.2. The van der Waals surface area contributed by atoms with E-state index in [1.54, 1.807) is 36.4 Å². The number of nitrogens with zero attached hydrogens (tertiary/aromatic N) is 2. The van der Waals surface area contributed by atoms with Crippen molar-refractivity contribution in [3.63, 3.8) is 0 Å². The van der Waals surface area contributed by atoms with Crippen molar-refractivity contribution in [1.29, 1.82) is 0 Å². The Hall–Kier alpha value is -3.27. The molecular weight excluding hydrogens is 452 g/mol. The van der Waals surface area contributed by atoms with Crippen molar-refractivity contribution in [2.24, 2.45) is 0 Å². The number of carbonyl (C=O) groups excluding carboxylic acids is 2. The molecule has 8 nitrogen and oxygen atoms in total. The summed E-state index contributed by atoms with van der Waals surface area (Å²) in [6.45, 7) is 0.177. The van der Waals surface area contributed by atoms with E-state index in [1.165, 1.54) is 44.7 Å². The van der Waals surface area contributed by atoms with Crippen LogP contribution in [0.4, 0.5) is 5.69 Å². The molecule has 0 aliphatic rings. The summed E-state index contributed by atoms with van der Waals surface area (Å²) in [5.74, 6) is -0.729. The number of hydrogen-bond acceptors (Lipinski definition) is 5. The molecule has 0 aliphatic heterocycles. The van der Waals surface area contributed by atoms with Crippen LogP contribution in [0, 0.1) is 0 Å². The molecule has 0 saturated heterocycles. The van der Waals surface area contributed by atoms with E-state index in [0.717, 1.165) is 9.87 Å². The van der Waals surface area contributed by atoms with Crippen LogP contribution in [0.2, 0.25) is 5.02 Å². The zero-order valence-corrected chi connectivity index (χ0v) is 18.9. The highest BCUT2D eigenvalue weighted by atomic mass is 35.5. The third-order valence-corrected chi connectivity index (χ3v) is 6.83. The molecule has 1 heterocycles. The molecule has 0 radical (unpaired) electrons. The lowest BCUT2D eigenvalue weighted by atomic mass is 10.1. The van der Waals surface area contributed by atoms with Crippen molar-refractivity contribution in [2.45, 2.75) is 11.4 Å². The molecule has 0 fully saturated rings. The Labute approximate surface area is 191 Å². The van der Waals surface area contributed by atoms with Crippen LogP contribution in [-0.4, -0.2) is 43.6 Å². The van der Waals surface area contributed by atoms with Crippen LogP contribution < -0.4 is 10.6 Å². The second-order valence-corrected chi connectivity index (χ2v) is 9.53. The number of carbonyl (C=O) groups is 2. The fraction of sp³-hybridized carbons (Fsp3) is 0.136. The van der Waals surface area contributed by atoms with Gasteiger partial charge in [0.1, 0.15) is 4.90 Å². The highest BCUT2D eigenvalue weighted by Gasteiger charge is 2.22. The predicted octanol–water partition coefficient (Wildman–Crippen LogP) is 3.17. The van der Waals surface area contributed by atoms with Crippen LogP contribution in [0.3, 0.4) is 0 Å². The van der Waals surface area contributed by atoms with Gasteiger partial charge in [-0.1, -0.05) is 23.7 Å². The van der Waals surface area contributed by atoms with Gasteiger partial charge >= 0.3 is 0 Å². The second kappa shape index (κ2) is 9.90. The van der Waals surface area contributed by atoms with Crippen molar-refractivity contribution < 1.29 is 18.0 Å². The first-order valence-corrected chi connectivity index (χ1v) is 11.3. The minimum Gasteiger partial charge on any atom is -0.348 e. The van der Waals surface area contributed by atoms with Crippen molar-refractivity contribution in [3.05, 3.63) is 88.7 Å². The second-order valence-electron chi connectivity index (χ2n) is 7.01. The molecule has 10 heteroatoms. The van der Waals surface area contributed by atoms with Crippen LogP contribution in [0.15, 0.2) is 71.9 Å². The molecule has 0 spiro atoms. The maximum Gasteiger partial charge on any atom is 0.255 e. The number of halogens is 1. The minimum atomic E-state index is -3.79. The summed E-state index contributed by atoms with van der Waals surface area (Å²) in [5.41, 5.74) is 1.97. The van der Waals surface area contributed by atoms with Gasteiger partial charge < -0.3 is 10.6 Å². The summed E-state index contributed by atoms with van der Waals surface area (Å²) >= 11 is 6.03. The van der Waals surface area contributed by atoms with Crippen LogP contribution in [0.25, 0.3) is 0 Å². The smallest absolute Gasteiger partial charge is 0.255 e. The molecule has 2 aromatic carbocycles. The summed E-state index contributed by atoms with van der Waals surface area (Å²) < 4.78 is 25.8. The van der Waals surface area contributed by atoms with Crippen LogP contribution in [0.1, 0.15) is 26.3 Å². The fourth-order valence-electron chi connectivity index (χ4n) is 2.79. The molecule has 1 aromatic heterocycles. The zero-order valence-electron chi connectivity index (χ0n) is 17.4. The van der Waals surface area contributed by atoms with E-state index in [0.29, 0.717) is 11.3 Å². The average molecular weight is 473 g/mol. The number of sulfonamides is 1. The topological polar surface area (TPSA) is 108 Å². The minimum absolute atomic E-state index is 0.0351. The molecule has 166 valence electrons. The first kappa shape index (κ1) is 23.4. The number of aromatic nitrogens is 1. The van der Waals surface area contributed by atoms with E-state index in [9.17, 15) is 18.0 Å². The molecule has 0 bridgehead atoms. The van der Waals surface area contributed by atoms with E-state index in [-0.39, 0.29) is 27.9 Å². The standard InChI is InChI=1S/C22H21ClN4O4S/c1-27(2)32(30,31)20-13-17(6-7-19(20)23)21(28)25-14-15-4-3-5-18(12-15)26-22(29)16-8-10-24-11-9-16/h3-13H,14H2,1-2H3,(H,25,28)(H,26,29). The zero-order chi connectivity index (χ0) is 23.3. The summed E-state index contributed by atoms with van der Waals surface area (Å²) in [4.78, 5) is 28.6. The summed E-state index contributed by atoms with van der Waals surface area (Å²) in [7, 11) is -1.02. The molecule has 0 atom stereocenters. The Balaban J connectivity index is 1.69. The summed E-state index contributed by atoms with van der Waals surface area (Å²) in [6, 6.07) is 14.3.